The number of nitrogens with zero attached hydrogens (tertiary/aromatic N) is 2. The summed E-state index contributed by atoms with van der Waals surface area (Å²) in [6, 6.07) is 19.0. The first-order valence-corrected chi connectivity index (χ1v) is 9.96. The Morgan fingerprint density at radius 1 is 1.00 bits per heavy atom. The summed E-state index contributed by atoms with van der Waals surface area (Å²) in [5.74, 6) is -0.335. The zero-order valence-electron chi connectivity index (χ0n) is 16.2. The van der Waals surface area contributed by atoms with E-state index in [1.54, 1.807) is 0 Å². The molecule has 0 saturated carbocycles. The number of carbonyl (C=O) groups excluding carboxylic acids is 1. The first-order valence-electron chi connectivity index (χ1n) is 9.59. The summed E-state index contributed by atoms with van der Waals surface area (Å²) < 4.78 is 9.95. The van der Waals surface area contributed by atoms with Crippen molar-refractivity contribution < 1.29 is 14.3 Å². The van der Waals surface area contributed by atoms with Gasteiger partial charge in [-0.2, -0.15) is 0 Å². The van der Waals surface area contributed by atoms with Crippen LogP contribution in [0, 0.1) is 0 Å². The molecule has 0 aliphatic carbocycles. The molecule has 1 fully saturated rings. The van der Waals surface area contributed by atoms with Crippen molar-refractivity contribution in [3.8, 4) is 0 Å². The fourth-order valence-electron chi connectivity index (χ4n) is 3.55. The number of halogens is 1. The van der Waals surface area contributed by atoms with Crippen molar-refractivity contribution in [1.29, 1.82) is 0 Å². The molecule has 1 unspecified atom stereocenters. The van der Waals surface area contributed by atoms with Crippen LogP contribution >= 0.6 is 11.6 Å². The van der Waals surface area contributed by atoms with Crippen LogP contribution in [0.2, 0.25) is 5.02 Å². The molecule has 1 heterocycles. The van der Waals surface area contributed by atoms with Crippen LogP contribution in [0.3, 0.4) is 0 Å². The second-order valence-electron chi connectivity index (χ2n) is 6.87. The van der Waals surface area contributed by atoms with Crippen LogP contribution in [0.15, 0.2) is 54.6 Å². The lowest BCUT2D eigenvalue weighted by molar-refractivity contribution is -0.146. The van der Waals surface area contributed by atoms with Crippen LogP contribution < -0.4 is 0 Å². The molecule has 1 aliphatic heterocycles. The summed E-state index contributed by atoms with van der Waals surface area (Å²) in [5.41, 5.74) is 2.55. The van der Waals surface area contributed by atoms with Crippen LogP contribution in [0.25, 0.3) is 0 Å². The van der Waals surface area contributed by atoms with Crippen molar-refractivity contribution in [2.45, 2.75) is 6.04 Å². The summed E-state index contributed by atoms with van der Waals surface area (Å²) in [7, 11) is 1.37. The Hall–Kier alpha value is -1.92. The maximum absolute atomic E-state index is 11.1. The van der Waals surface area contributed by atoms with Gasteiger partial charge >= 0.3 is 5.97 Å². The van der Waals surface area contributed by atoms with E-state index in [9.17, 15) is 4.79 Å². The number of ether oxygens (including phenoxy) is 2. The summed E-state index contributed by atoms with van der Waals surface area (Å²) in [6.45, 7) is 5.26. The molecule has 0 amide bonds. The maximum atomic E-state index is 11.1. The minimum absolute atomic E-state index is 0.0170. The molecule has 0 aromatic heterocycles. The van der Waals surface area contributed by atoms with Crippen LogP contribution in [0.4, 0.5) is 0 Å². The number of rotatable bonds is 8. The van der Waals surface area contributed by atoms with E-state index in [1.165, 1.54) is 18.2 Å². The third kappa shape index (κ3) is 5.79. The zero-order chi connectivity index (χ0) is 19.8. The quantitative estimate of drug-likeness (QED) is 0.501. The van der Waals surface area contributed by atoms with E-state index in [0.717, 1.165) is 37.7 Å². The van der Waals surface area contributed by atoms with Crippen molar-refractivity contribution in [3.63, 3.8) is 0 Å². The number of methoxy groups -OCH3 is 1. The van der Waals surface area contributed by atoms with Gasteiger partial charge in [-0.3, -0.25) is 9.80 Å². The third-order valence-electron chi connectivity index (χ3n) is 5.07. The molecule has 6 heteroatoms. The normalized spacial score (nSPS) is 16.6. The monoisotopic (exact) mass is 402 g/mol. The minimum Gasteiger partial charge on any atom is -0.467 e. The van der Waals surface area contributed by atoms with Crippen LogP contribution in [0.1, 0.15) is 17.2 Å². The number of hydrogen-bond donors (Lipinski definition) is 0. The largest absolute Gasteiger partial charge is 0.467 e. The number of carbonyl (C=O) groups is 1. The highest BCUT2D eigenvalue weighted by molar-refractivity contribution is 6.30. The van der Waals surface area contributed by atoms with Crippen LogP contribution in [-0.2, 0) is 14.3 Å². The molecule has 3 rings (SSSR count). The second kappa shape index (κ2) is 10.6. The Morgan fingerprint density at radius 3 is 2.29 bits per heavy atom. The van der Waals surface area contributed by atoms with E-state index < -0.39 is 0 Å². The molecule has 0 spiro atoms. The highest BCUT2D eigenvalue weighted by atomic mass is 35.5. The molecule has 5 nitrogen and oxygen atoms in total. The fraction of sp³-hybridized carbons (Fsp3) is 0.409. The molecule has 0 radical (unpaired) electrons. The molecule has 2 aromatic carbocycles. The SMILES string of the molecule is COC(=O)COCCN1CCN(C(c2ccccc2)c2ccc(Cl)cc2)CC1. The molecular weight excluding hydrogens is 376 g/mol. The Kier molecular flexibility index (Phi) is 7.86. The number of benzene rings is 2. The van der Waals surface area contributed by atoms with E-state index >= 15 is 0 Å². The molecular formula is C22H27ClN2O3. The molecule has 150 valence electrons. The van der Waals surface area contributed by atoms with Gasteiger partial charge in [-0.15, -0.1) is 0 Å². The first kappa shape index (κ1) is 20.8. The summed E-state index contributed by atoms with van der Waals surface area (Å²) in [5, 5.41) is 0.757. The predicted octanol–water partition coefficient (Wildman–Crippen LogP) is 3.24. The van der Waals surface area contributed by atoms with Crippen molar-refractivity contribution in [2.24, 2.45) is 0 Å². The van der Waals surface area contributed by atoms with Gasteiger partial charge in [0.2, 0.25) is 0 Å². The van der Waals surface area contributed by atoms with E-state index in [4.69, 9.17) is 16.3 Å². The van der Waals surface area contributed by atoms with Crippen LogP contribution in [0.5, 0.6) is 0 Å². The van der Waals surface area contributed by atoms with Gasteiger partial charge in [0.15, 0.2) is 0 Å². The molecule has 0 bridgehead atoms. The maximum Gasteiger partial charge on any atom is 0.331 e. The average Bonchev–Trinajstić information content (AvgIpc) is 2.74. The van der Waals surface area contributed by atoms with Gasteiger partial charge < -0.3 is 9.47 Å². The molecule has 1 aliphatic rings. The topological polar surface area (TPSA) is 42.0 Å². The van der Waals surface area contributed by atoms with Gasteiger partial charge in [0, 0.05) is 37.7 Å². The van der Waals surface area contributed by atoms with Crippen LogP contribution in [-0.4, -0.2) is 68.8 Å². The molecule has 0 N–H and O–H groups in total. The minimum atomic E-state index is -0.335. The Bertz CT molecular complexity index is 731. The molecule has 2 aromatic rings. The molecule has 28 heavy (non-hydrogen) atoms. The van der Waals surface area contributed by atoms with Gasteiger partial charge in [-0.1, -0.05) is 54.1 Å². The third-order valence-corrected chi connectivity index (χ3v) is 5.32. The van der Waals surface area contributed by atoms with Gasteiger partial charge in [0.1, 0.15) is 6.61 Å². The Balaban J connectivity index is 1.59. The zero-order valence-corrected chi connectivity index (χ0v) is 17.0. The number of esters is 1. The summed E-state index contributed by atoms with van der Waals surface area (Å²) in [6.07, 6.45) is 0. The molecule has 1 atom stereocenters. The van der Waals surface area contributed by atoms with E-state index in [-0.39, 0.29) is 18.6 Å². The van der Waals surface area contributed by atoms with Crippen molar-refractivity contribution in [3.05, 3.63) is 70.7 Å². The van der Waals surface area contributed by atoms with Crippen molar-refractivity contribution in [2.75, 3.05) is 53.0 Å². The van der Waals surface area contributed by atoms with Gasteiger partial charge in [0.25, 0.3) is 0 Å². The van der Waals surface area contributed by atoms with Crippen molar-refractivity contribution >= 4 is 17.6 Å². The lowest BCUT2D eigenvalue weighted by Gasteiger charge is -2.39. The summed E-state index contributed by atoms with van der Waals surface area (Å²) >= 11 is 6.10. The Morgan fingerprint density at radius 2 is 1.64 bits per heavy atom. The van der Waals surface area contributed by atoms with E-state index in [2.05, 4.69) is 57.0 Å². The van der Waals surface area contributed by atoms with E-state index in [1.807, 2.05) is 12.1 Å². The Labute approximate surface area is 171 Å². The highest BCUT2D eigenvalue weighted by Crippen LogP contribution is 2.30. The highest BCUT2D eigenvalue weighted by Gasteiger charge is 2.26. The fourth-order valence-corrected chi connectivity index (χ4v) is 3.67. The smallest absolute Gasteiger partial charge is 0.331 e. The number of hydrogen-bond acceptors (Lipinski definition) is 5. The predicted molar refractivity (Wildman–Crippen MR) is 111 cm³/mol. The van der Waals surface area contributed by atoms with Crippen molar-refractivity contribution in [1.82, 2.24) is 9.80 Å². The lowest BCUT2D eigenvalue weighted by atomic mass is 9.96. The lowest BCUT2D eigenvalue weighted by Crippen LogP contribution is -2.48. The number of piperazine rings is 1. The van der Waals surface area contributed by atoms with Gasteiger partial charge in [-0.25, -0.2) is 4.79 Å². The average molecular weight is 403 g/mol. The van der Waals surface area contributed by atoms with Gasteiger partial charge in [0.05, 0.1) is 19.8 Å². The van der Waals surface area contributed by atoms with Gasteiger partial charge in [-0.05, 0) is 23.3 Å². The standard InChI is InChI=1S/C22H27ClN2O3/c1-27-21(26)17-28-16-15-24-11-13-25(14-12-24)22(18-5-3-2-4-6-18)19-7-9-20(23)10-8-19/h2-10,22H,11-17H2,1H3. The van der Waals surface area contributed by atoms with E-state index in [0.29, 0.717) is 6.61 Å². The molecule has 1 saturated heterocycles. The first-order chi connectivity index (χ1) is 13.7. The second-order valence-corrected chi connectivity index (χ2v) is 7.31. The summed E-state index contributed by atoms with van der Waals surface area (Å²) in [4.78, 5) is 16.0.